The number of aryl methyl sites for hydroxylation is 1. The molecule has 1 rings (SSSR count). The number of hydrogen-bond acceptors (Lipinski definition) is 2. The molecule has 2 amide bonds. The summed E-state index contributed by atoms with van der Waals surface area (Å²) in [5.74, 6) is 0.598. The quantitative estimate of drug-likeness (QED) is 0.805. The molecule has 0 fully saturated rings. The Kier molecular flexibility index (Phi) is 4.82. The highest BCUT2D eigenvalue weighted by atomic mass is 16.2. The highest BCUT2D eigenvalue weighted by Gasteiger charge is 2.10. The van der Waals surface area contributed by atoms with Gasteiger partial charge in [0.2, 0.25) is 0 Å². The third-order valence-electron chi connectivity index (χ3n) is 2.44. The van der Waals surface area contributed by atoms with Crippen molar-refractivity contribution in [1.82, 2.24) is 15.1 Å². The molecular weight excluding hydrogens is 204 g/mol. The van der Waals surface area contributed by atoms with Crippen LogP contribution in [-0.4, -0.2) is 34.2 Å². The first kappa shape index (κ1) is 12.5. The fourth-order valence-electron chi connectivity index (χ4n) is 1.52. The van der Waals surface area contributed by atoms with Crippen LogP contribution in [0.1, 0.15) is 32.9 Å². The van der Waals surface area contributed by atoms with Gasteiger partial charge in [-0.25, -0.2) is 4.79 Å². The molecule has 0 aromatic carbocycles. The SMILES string of the molecule is CCCc1cc(NC(=O)N(CC)CC)n[nH]1. The number of urea groups is 1. The first-order valence-electron chi connectivity index (χ1n) is 5.81. The number of hydrogen-bond donors (Lipinski definition) is 2. The Labute approximate surface area is 96.2 Å². The van der Waals surface area contributed by atoms with E-state index in [0.717, 1.165) is 18.5 Å². The monoisotopic (exact) mass is 224 g/mol. The van der Waals surface area contributed by atoms with Crippen molar-refractivity contribution in [1.29, 1.82) is 0 Å². The number of amides is 2. The maximum Gasteiger partial charge on any atom is 0.323 e. The third-order valence-corrected chi connectivity index (χ3v) is 2.44. The van der Waals surface area contributed by atoms with Gasteiger partial charge in [-0.2, -0.15) is 5.10 Å². The summed E-state index contributed by atoms with van der Waals surface area (Å²) in [6, 6.07) is 1.78. The molecule has 0 atom stereocenters. The summed E-state index contributed by atoms with van der Waals surface area (Å²) in [4.78, 5) is 13.4. The maximum absolute atomic E-state index is 11.7. The van der Waals surface area contributed by atoms with Crippen molar-refractivity contribution in [2.45, 2.75) is 33.6 Å². The molecule has 0 aliphatic heterocycles. The average molecular weight is 224 g/mol. The zero-order valence-corrected chi connectivity index (χ0v) is 10.2. The smallest absolute Gasteiger partial charge is 0.323 e. The lowest BCUT2D eigenvalue weighted by molar-refractivity contribution is 0.217. The Morgan fingerprint density at radius 3 is 2.69 bits per heavy atom. The van der Waals surface area contributed by atoms with Gasteiger partial charge in [-0.15, -0.1) is 0 Å². The summed E-state index contributed by atoms with van der Waals surface area (Å²) in [5, 5.41) is 9.71. The summed E-state index contributed by atoms with van der Waals surface area (Å²) < 4.78 is 0. The van der Waals surface area contributed by atoms with Crippen molar-refractivity contribution >= 4 is 11.8 Å². The first-order valence-corrected chi connectivity index (χ1v) is 5.81. The summed E-state index contributed by atoms with van der Waals surface area (Å²) in [6.45, 7) is 7.42. The molecule has 90 valence electrons. The Balaban J connectivity index is 2.55. The van der Waals surface area contributed by atoms with Gasteiger partial charge in [0.25, 0.3) is 0 Å². The summed E-state index contributed by atoms with van der Waals surface area (Å²) in [5.41, 5.74) is 1.05. The van der Waals surface area contributed by atoms with Crippen LogP contribution in [-0.2, 0) is 6.42 Å². The zero-order chi connectivity index (χ0) is 12.0. The second-order valence-corrected chi connectivity index (χ2v) is 3.63. The lowest BCUT2D eigenvalue weighted by atomic mass is 10.2. The van der Waals surface area contributed by atoms with E-state index < -0.39 is 0 Å². The van der Waals surface area contributed by atoms with E-state index >= 15 is 0 Å². The Hall–Kier alpha value is -1.52. The predicted molar refractivity (Wildman–Crippen MR) is 64.5 cm³/mol. The minimum Gasteiger partial charge on any atom is -0.325 e. The van der Waals surface area contributed by atoms with E-state index in [1.807, 2.05) is 19.9 Å². The van der Waals surface area contributed by atoms with Crippen LogP contribution in [0.5, 0.6) is 0 Å². The minimum atomic E-state index is -0.0976. The molecule has 0 spiro atoms. The van der Waals surface area contributed by atoms with Crippen LogP contribution in [0.25, 0.3) is 0 Å². The van der Waals surface area contributed by atoms with E-state index in [4.69, 9.17) is 0 Å². The van der Waals surface area contributed by atoms with Crippen LogP contribution in [0.3, 0.4) is 0 Å². The van der Waals surface area contributed by atoms with Crippen LogP contribution < -0.4 is 5.32 Å². The van der Waals surface area contributed by atoms with Crippen molar-refractivity contribution in [2.75, 3.05) is 18.4 Å². The van der Waals surface area contributed by atoms with E-state index in [-0.39, 0.29) is 6.03 Å². The van der Waals surface area contributed by atoms with Gasteiger partial charge in [0.1, 0.15) is 0 Å². The largest absolute Gasteiger partial charge is 0.325 e. The number of aromatic nitrogens is 2. The molecule has 0 aliphatic rings. The normalized spacial score (nSPS) is 10.2. The van der Waals surface area contributed by atoms with Gasteiger partial charge in [0, 0.05) is 24.8 Å². The van der Waals surface area contributed by atoms with Crippen molar-refractivity contribution in [2.24, 2.45) is 0 Å². The molecule has 0 bridgehead atoms. The van der Waals surface area contributed by atoms with E-state index in [2.05, 4.69) is 22.4 Å². The standard InChI is InChI=1S/C11H20N4O/c1-4-7-9-8-10(14-13-9)12-11(16)15(5-2)6-3/h8H,4-7H2,1-3H3,(H2,12,13,14,16). The second kappa shape index (κ2) is 6.15. The highest BCUT2D eigenvalue weighted by molar-refractivity contribution is 5.88. The number of aromatic amines is 1. The molecule has 1 heterocycles. The number of H-pyrrole nitrogens is 1. The number of carbonyl (C=O) groups excluding carboxylic acids is 1. The summed E-state index contributed by atoms with van der Waals surface area (Å²) >= 11 is 0. The molecule has 5 heteroatoms. The van der Waals surface area contributed by atoms with E-state index in [0.29, 0.717) is 18.9 Å². The molecule has 0 saturated heterocycles. The molecule has 0 saturated carbocycles. The number of anilines is 1. The summed E-state index contributed by atoms with van der Waals surface area (Å²) in [6.07, 6.45) is 2.01. The van der Waals surface area contributed by atoms with E-state index in [1.165, 1.54) is 0 Å². The van der Waals surface area contributed by atoms with Gasteiger partial charge in [-0.1, -0.05) is 13.3 Å². The van der Waals surface area contributed by atoms with E-state index in [1.54, 1.807) is 4.90 Å². The van der Waals surface area contributed by atoms with Gasteiger partial charge >= 0.3 is 6.03 Å². The lowest BCUT2D eigenvalue weighted by Gasteiger charge is -2.17. The second-order valence-electron chi connectivity index (χ2n) is 3.63. The highest BCUT2D eigenvalue weighted by Crippen LogP contribution is 2.08. The number of nitrogens with one attached hydrogen (secondary N) is 2. The van der Waals surface area contributed by atoms with Crippen LogP contribution in [0, 0.1) is 0 Å². The topological polar surface area (TPSA) is 61.0 Å². The Morgan fingerprint density at radius 2 is 2.12 bits per heavy atom. The molecule has 2 N–H and O–H groups in total. The molecule has 16 heavy (non-hydrogen) atoms. The predicted octanol–water partition coefficient (Wildman–Crippen LogP) is 2.24. The van der Waals surface area contributed by atoms with Gasteiger partial charge in [0.15, 0.2) is 5.82 Å². The van der Waals surface area contributed by atoms with Crippen molar-refractivity contribution in [3.8, 4) is 0 Å². The maximum atomic E-state index is 11.7. The molecule has 1 aromatic heterocycles. The Morgan fingerprint density at radius 1 is 1.44 bits per heavy atom. The first-order chi connectivity index (χ1) is 7.71. The number of rotatable bonds is 5. The van der Waals surface area contributed by atoms with Gasteiger partial charge < -0.3 is 4.90 Å². The number of nitrogens with zero attached hydrogens (tertiary/aromatic N) is 2. The number of carbonyl (C=O) groups is 1. The molecule has 5 nitrogen and oxygen atoms in total. The zero-order valence-electron chi connectivity index (χ0n) is 10.2. The van der Waals surface area contributed by atoms with E-state index in [9.17, 15) is 4.79 Å². The van der Waals surface area contributed by atoms with Crippen LogP contribution in [0.15, 0.2) is 6.07 Å². The van der Waals surface area contributed by atoms with Crippen LogP contribution in [0.2, 0.25) is 0 Å². The summed E-state index contributed by atoms with van der Waals surface area (Å²) in [7, 11) is 0. The lowest BCUT2D eigenvalue weighted by Crippen LogP contribution is -2.34. The minimum absolute atomic E-state index is 0.0976. The third kappa shape index (κ3) is 3.25. The van der Waals surface area contributed by atoms with Crippen LogP contribution in [0.4, 0.5) is 10.6 Å². The molecule has 0 aliphatic carbocycles. The Bertz CT molecular complexity index is 330. The van der Waals surface area contributed by atoms with Crippen molar-refractivity contribution < 1.29 is 4.79 Å². The molecular formula is C11H20N4O. The molecule has 1 aromatic rings. The fourth-order valence-corrected chi connectivity index (χ4v) is 1.52. The van der Waals surface area contributed by atoms with Crippen LogP contribution >= 0.6 is 0 Å². The van der Waals surface area contributed by atoms with Crippen molar-refractivity contribution in [3.05, 3.63) is 11.8 Å². The van der Waals surface area contributed by atoms with Gasteiger partial charge in [-0.05, 0) is 20.3 Å². The fraction of sp³-hybridized carbons (Fsp3) is 0.636. The average Bonchev–Trinajstić information content (AvgIpc) is 2.68. The van der Waals surface area contributed by atoms with Gasteiger partial charge in [0.05, 0.1) is 0 Å². The van der Waals surface area contributed by atoms with Gasteiger partial charge in [-0.3, -0.25) is 10.4 Å². The molecule has 0 unspecified atom stereocenters. The molecule has 0 radical (unpaired) electrons. The van der Waals surface area contributed by atoms with Crippen molar-refractivity contribution in [3.63, 3.8) is 0 Å².